The number of halogens is 1. The summed E-state index contributed by atoms with van der Waals surface area (Å²) in [5, 5.41) is 14.3. The van der Waals surface area contributed by atoms with Gasteiger partial charge in [0.15, 0.2) is 0 Å². The highest BCUT2D eigenvalue weighted by Crippen LogP contribution is 2.17. The molecule has 1 aromatic heterocycles. The normalized spacial score (nSPS) is 10.2. The number of aromatic nitrogens is 1. The molecule has 0 amide bonds. The van der Waals surface area contributed by atoms with Gasteiger partial charge < -0.3 is 10.3 Å². The van der Waals surface area contributed by atoms with Gasteiger partial charge in [-0.05, 0) is 17.7 Å². The highest BCUT2D eigenvalue weighted by molar-refractivity contribution is 7.07. The lowest BCUT2D eigenvalue weighted by atomic mass is 10.1. The number of nitrogens with one attached hydrogen (secondary N) is 2. The van der Waals surface area contributed by atoms with Crippen LogP contribution in [0.2, 0.25) is 5.02 Å². The van der Waals surface area contributed by atoms with Crippen molar-refractivity contribution in [3.63, 3.8) is 0 Å². The average molecular weight is 280 g/mol. The third kappa shape index (κ3) is 3.20. The summed E-state index contributed by atoms with van der Waals surface area (Å²) in [5.41, 5.74) is 2.33. The Kier molecular flexibility index (Phi) is 4.15. The quantitative estimate of drug-likeness (QED) is 0.902. The fraction of sp³-hybridized carbons (Fsp3) is 0.167. The number of nitriles is 1. The van der Waals surface area contributed by atoms with Crippen LogP contribution in [-0.2, 0) is 13.1 Å². The lowest BCUT2D eigenvalue weighted by Gasteiger charge is -2.05. The number of thiazole rings is 1. The van der Waals surface area contributed by atoms with Crippen molar-refractivity contribution in [2.75, 3.05) is 0 Å². The summed E-state index contributed by atoms with van der Waals surface area (Å²) in [6, 6.07) is 7.24. The largest absolute Gasteiger partial charge is 0.315 e. The molecule has 0 radical (unpaired) electrons. The molecule has 0 bridgehead atoms. The second kappa shape index (κ2) is 5.83. The molecule has 2 aromatic rings. The molecule has 0 saturated carbocycles. The topological polar surface area (TPSA) is 68.7 Å². The van der Waals surface area contributed by atoms with E-state index in [9.17, 15) is 4.79 Å². The molecule has 0 saturated heterocycles. The first kappa shape index (κ1) is 12.8. The summed E-state index contributed by atoms with van der Waals surface area (Å²) in [7, 11) is 0. The Morgan fingerprint density at radius 3 is 2.89 bits per heavy atom. The lowest BCUT2D eigenvalue weighted by Crippen LogP contribution is -2.14. The first-order valence-corrected chi connectivity index (χ1v) is 6.51. The maximum absolute atomic E-state index is 10.9. The fourth-order valence-corrected chi connectivity index (χ4v) is 2.32. The van der Waals surface area contributed by atoms with Crippen molar-refractivity contribution in [1.29, 1.82) is 5.26 Å². The maximum atomic E-state index is 10.9. The molecular weight excluding hydrogens is 270 g/mol. The van der Waals surface area contributed by atoms with Crippen LogP contribution >= 0.6 is 22.9 Å². The van der Waals surface area contributed by atoms with Crippen molar-refractivity contribution in [2.24, 2.45) is 0 Å². The predicted octanol–water partition coefficient (Wildman–Crippen LogP) is 2.25. The zero-order valence-electron chi connectivity index (χ0n) is 9.37. The van der Waals surface area contributed by atoms with Crippen LogP contribution in [0.15, 0.2) is 28.4 Å². The van der Waals surface area contributed by atoms with Gasteiger partial charge in [0.1, 0.15) is 0 Å². The third-order valence-electron chi connectivity index (χ3n) is 2.38. The third-order valence-corrected chi connectivity index (χ3v) is 3.45. The van der Waals surface area contributed by atoms with E-state index in [0.717, 1.165) is 22.6 Å². The smallest absolute Gasteiger partial charge is 0.304 e. The van der Waals surface area contributed by atoms with E-state index in [1.54, 1.807) is 17.5 Å². The Hall–Kier alpha value is -1.61. The standard InChI is InChI=1S/C12H10ClN3OS/c13-11-3-8(4-14)1-2-9(11)5-15-6-10-7-18-12(17)16-10/h1-3,7,15H,5-6H2,(H,16,17). The van der Waals surface area contributed by atoms with Gasteiger partial charge in [-0.1, -0.05) is 29.0 Å². The zero-order valence-corrected chi connectivity index (χ0v) is 10.9. The van der Waals surface area contributed by atoms with Crippen molar-refractivity contribution in [1.82, 2.24) is 10.3 Å². The summed E-state index contributed by atoms with van der Waals surface area (Å²) in [6.45, 7) is 1.16. The molecule has 4 nitrogen and oxygen atoms in total. The number of hydrogen-bond acceptors (Lipinski definition) is 4. The second-order valence-electron chi connectivity index (χ2n) is 3.69. The molecular formula is C12H10ClN3OS. The molecule has 0 aliphatic carbocycles. The maximum Gasteiger partial charge on any atom is 0.304 e. The van der Waals surface area contributed by atoms with Crippen LogP contribution in [0, 0.1) is 11.3 Å². The van der Waals surface area contributed by atoms with Crippen LogP contribution in [0.5, 0.6) is 0 Å². The van der Waals surface area contributed by atoms with Crippen molar-refractivity contribution < 1.29 is 0 Å². The molecule has 6 heteroatoms. The van der Waals surface area contributed by atoms with E-state index in [0.29, 0.717) is 23.7 Å². The molecule has 0 spiro atoms. The monoisotopic (exact) mass is 279 g/mol. The Bertz CT molecular complexity index is 641. The zero-order chi connectivity index (χ0) is 13.0. The number of H-pyrrole nitrogens is 1. The van der Waals surface area contributed by atoms with Gasteiger partial charge in [0, 0.05) is 29.2 Å². The molecule has 0 fully saturated rings. The van der Waals surface area contributed by atoms with Crippen LogP contribution in [0.25, 0.3) is 0 Å². The van der Waals surface area contributed by atoms with E-state index in [-0.39, 0.29) is 4.87 Å². The number of aromatic amines is 1. The molecule has 2 N–H and O–H groups in total. The van der Waals surface area contributed by atoms with Gasteiger partial charge in [0.05, 0.1) is 11.6 Å². The van der Waals surface area contributed by atoms with Gasteiger partial charge in [-0.3, -0.25) is 4.79 Å². The Morgan fingerprint density at radius 1 is 1.44 bits per heavy atom. The van der Waals surface area contributed by atoms with Gasteiger partial charge in [0.2, 0.25) is 0 Å². The van der Waals surface area contributed by atoms with Gasteiger partial charge in [-0.15, -0.1) is 0 Å². The summed E-state index contributed by atoms with van der Waals surface area (Å²) in [4.78, 5) is 13.6. The van der Waals surface area contributed by atoms with Gasteiger partial charge in [-0.2, -0.15) is 5.26 Å². The summed E-state index contributed by atoms with van der Waals surface area (Å²) < 4.78 is 0. The molecule has 1 heterocycles. The molecule has 92 valence electrons. The second-order valence-corrected chi connectivity index (χ2v) is 4.94. The van der Waals surface area contributed by atoms with Gasteiger partial charge >= 0.3 is 4.87 Å². The van der Waals surface area contributed by atoms with Crippen molar-refractivity contribution in [3.05, 3.63) is 55.1 Å². The summed E-state index contributed by atoms with van der Waals surface area (Å²) in [5.74, 6) is 0. The van der Waals surface area contributed by atoms with E-state index in [1.807, 2.05) is 12.1 Å². The van der Waals surface area contributed by atoms with E-state index in [2.05, 4.69) is 10.3 Å². The molecule has 0 aliphatic heterocycles. The molecule has 0 aliphatic rings. The van der Waals surface area contributed by atoms with E-state index < -0.39 is 0 Å². The lowest BCUT2D eigenvalue weighted by molar-refractivity contribution is 0.682. The molecule has 0 atom stereocenters. The van der Waals surface area contributed by atoms with Crippen LogP contribution in [0.3, 0.4) is 0 Å². The molecule has 2 rings (SSSR count). The Labute approximate surface area is 113 Å². The highest BCUT2D eigenvalue weighted by Gasteiger charge is 2.02. The van der Waals surface area contributed by atoms with Crippen molar-refractivity contribution >= 4 is 22.9 Å². The van der Waals surface area contributed by atoms with E-state index >= 15 is 0 Å². The van der Waals surface area contributed by atoms with Gasteiger partial charge in [0.25, 0.3) is 0 Å². The summed E-state index contributed by atoms with van der Waals surface area (Å²) in [6.07, 6.45) is 0. The first-order valence-electron chi connectivity index (χ1n) is 5.25. The minimum absolute atomic E-state index is 0.0526. The van der Waals surface area contributed by atoms with Crippen LogP contribution in [0.1, 0.15) is 16.8 Å². The highest BCUT2D eigenvalue weighted by atomic mass is 35.5. The number of hydrogen-bond donors (Lipinski definition) is 2. The fourth-order valence-electron chi connectivity index (χ4n) is 1.49. The van der Waals surface area contributed by atoms with Crippen molar-refractivity contribution in [2.45, 2.75) is 13.1 Å². The number of nitrogens with zero attached hydrogens (tertiary/aromatic N) is 1. The number of rotatable bonds is 4. The number of benzene rings is 1. The van der Waals surface area contributed by atoms with E-state index in [1.165, 1.54) is 0 Å². The molecule has 0 unspecified atom stereocenters. The van der Waals surface area contributed by atoms with Crippen molar-refractivity contribution in [3.8, 4) is 6.07 Å². The Balaban J connectivity index is 1.94. The van der Waals surface area contributed by atoms with Crippen LogP contribution < -0.4 is 10.2 Å². The molecule has 18 heavy (non-hydrogen) atoms. The minimum atomic E-state index is -0.0526. The Morgan fingerprint density at radius 2 is 2.28 bits per heavy atom. The average Bonchev–Trinajstić information content (AvgIpc) is 2.77. The van der Waals surface area contributed by atoms with E-state index in [4.69, 9.17) is 16.9 Å². The van der Waals surface area contributed by atoms with Crippen LogP contribution in [0.4, 0.5) is 0 Å². The predicted molar refractivity (Wildman–Crippen MR) is 71.7 cm³/mol. The minimum Gasteiger partial charge on any atom is -0.315 e. The SMILES string of the molecule is N#Cc1ccc(CNCc2csc(=O)[nH]2)c(Cl)c1. The van der Waals surface area contributed by atoms with Gasteiger partial charge in [-0.25, -0.2) is 0 Å². The van der Waals surface area contributed by atoms with Crippen LogP contribution in [-0.4, -0.2) is 4.98 Å². The first-order chi connectivity index (χ1) is 8.69. The molecule has 1 aromatic carbocycles. The summed E-state index contributed by atoms with van der Waals surface area (Å²) >= 11 is 7.19.